The number of aliphatic hydroxyl groups is 1. The van der Waals surface area contributed by atoms with Gasteiger partial charge in [0.05, 0.1) is 24.1 Å². The summed E-state index contributed by atoms with van der Waals surface area (Å²) in [5.74, 6) is 0.976. The third-order valence-corrected chi connectivity index (χ3v) is 7.32. The van der Waals surface area contributed by atoms with E-state index >= 15 is 0 Å². The molecule has 1 aromatic carbocycles. The number of nitrogens with one attached hydrogen (secondary N) is 1. The third-order valence-electron chi connectivity index (χ3n) is 5.86. The maximum Gasteiger partial charge on any atom is 0.211 e. The molecule has 4 rings (SSSR count). The zero-order chi connectivity index (χ0) is 17.8. The summed E-state index contributed by atoms with van der Waals surface area (Å²) >= 11 is 6.18. The lowest BCUT2D eigenvalue weighted by atomic mass is 9.81. The number of aliphatic hydroxyl groups excluding tert-OH is 1. The van der Waals surface area contributed by atoms with Gasteiger partial charge in [-0.05, 0) is 49.1 Å². The average molecular weight is 384 g/mol. The standard InChI is InChI=1S/C17H22ClN3O3S/c1-25(23,24)21-8-10-2-3-11(9-21)14(10)6-16(22)15-5-13(18)4-12-7-19-20-17(12)15/h4-5,7,10-11,14,16,22H,2-3,6,8-9H2,1H3,(H,19,20). The summed E-state index contributed by atoms with van der Waals surface area (Å²) in [6, 6.07) is 3.62. The number of aromatic nitrogens is 2. The van der Waals surface area contributed by atoms with E-state index in [1.54, 1.807) is 16.6 Å². The minimum absolute atomic E-state index is 0.319. The Morgan fingerprint density at radius 3 is 2.68 bits per heavy atom. The first-order chi connectivity index (χ1) is 11.8. The number of piperidine rings is 1. The topological polar surface area (TPSA) is 86.3 Å². The number of H-pyrrole nitrogens is 1. The molecule has 1 aliphatic carbocycles. The molecule has 1 saturated carbocycles. The van der Waals surface area contributed by atoms with Crippen LogP contribution in [-0.4, -0.2) is 47.4 Å². The number of benzene rings is 1. The van der Waals surface area contributed by atoms with Gasteiger partial charge in [-0.2, -0.15) is 5.10 Å². The highest BCUT2D eigenvalue weighted by Crippen LogP contribution is 2.46. The molecule has 2 aliphatic rings. The van der Waals surface area contributed by atoms with Crippen LogP contribution in [0, 0.1) is 17.8 Å². The van der Waals surface area contributed by atoms with Crippen molar-refractivity contribution < 1.29 is 13.5 Å². The normalized spacial score (nSPS) is 28.5. The first-order valence-electron chi connectivity index (χ1n) is 8.58. The molecule has 3 atom stereocenters. The first kappa shape index (κ1) is 17.3. The Morgan fingerprint density at radius 1 is 1.36 bits per heavy atom. The second-order valence-electron chi connectivity index (χ2n) is 7.42. The molecule has 25 heavy (non-hydrogen) atoms. The van der Waals surface area contributed by atoms with Crippen molar-refractivity contribution >= 4 is 32.5 Å². The number of rotatable bonds is 4. The molecule has 2 aromatic rings. The van der Waals surface area contributed by atoms with Crippen molar-refractivity contribution in [2.75, 3.05) is 19.3 Å². The molecule has 0 radical (unpaired) electrons. The number of halogens is 1. The van der Waals surface area contributed by atoms with Gasteiger partial charge in [-0.3, -0.25) is 5.10 Å². The van der Waals surface area contributed by atoms with Crippen LogP contribution in [0.1, 0.15) is 30.9 Å². The van der Waals surface area contributed by atoms with E-state index in [0.29, 0.717) is 42.3 Å². The molecule has 2 bridgehead atoms. The smallest absolute Gasteiger partial charge is 0.211 e. The van der Waals surface area contributed by atoms with Crippen LogP contribution in [0.3, 0.4) is 0 Å². The minimum atomic E-state index is -3.14. The molecule has 3 unspecified atom stereocenters. The fourth-order valence-electron chi connectivity index (χ4n) is 4.64. The van der Waals surface area contributed by atoms with E-state index < -0.39 is 16.1 Å². The van der Waals surface area contributed by atoms with Gasteiger partial charge < -0.3 is 5.11 Å². The van der Waals surface area contributed by atoms with Gasteiger partial charge in [0.1, 0.15) is 0 Å². The Kier molecular flexibility index (Phi) is 4.30. The van der Waals surface area contributed by atoms with Crippen LogP contribution in [0.5, 0.6) is 0 Å². The summed E-state index contributed by atoms with van der Waals surface area (Å²) in [7, 11) is -3.14. The summed E-state index contributed by atoms with van der Waals surface area (Å²) in [5.41, 5.74) is 1.59. The number of aromatic amines is 1. The van der Waals surface area contributed by atoms with E-state index in [-0.39, 0.29) is 0 Å². The lowest BCUT2D eigenvalue weighted by molar-refractivity contribution is 0.0878. The zero-order valence-electron chi connectivity index (χ0n) is 14.0. The largest absolute Gasteiger partial charge is 0.388 e. The predicted octanol–water partition coefficient (Wildman–Crippen LogP) is 2.56. The zero-order valence-corrected chi connectivity index (χ0v) is 15.6. The molecule has 2 heterocycles. The van der Waals surface area contributed by atoms with Gasteiger partial charge in [-0.1, -0.05) is 11.6 Å². The SMILES string of the molecule is CS(=O)(=O)N1CC2CCC(C1)C2CC(O)c1cc(Cl)cc2cn[nH]c12. The van der Waals surface area contributed by atoms with Gasteiger partial charge in [0.2, 0.25) is 10.0 Å². The van der Waals surface area contributed by atoms with Gasteiger partial charge in [-0.15, -0.1) is 0 Å². The third kappa shape index (κ3) is 3.18. The fourth-order valence-corrected chi connectivity index (χ4v) is 5.80. The van der Waals surface area contributed by atoms with Gasteiger partial charge in [0.25, 0.3) is 0 Å². The lowest BCUT2D eigenvalue weighted by Crippen LogP contribution is -2.44. The van der Waals surface area contributed by atoms with Crippen LogP contribution in [0.25, 0.3) is 10.9 Å². The van der Waals surface area contributed by atoms with E-state index in [4.69, 9.17) is 11.6 Å². The number of hydrogen-bond acceptors (Lipinski definition) is 4. The first-order valence-corrected chi connectivity index (χ1v) is 10.8. The van der Waals surface area contributed by atoms with E-state index in [1.165, 1.54) is 6.26 Å². The molecule has 136 valence electrons. The summed E-state index contributed by atoms with van der Waals surface area (Å²) in [5, 5.41) is 19.3. The van der Waals surface area contributed by atoms with Gasteiger partial charge in [-0.25, -0.2) is 12.7 Å². The molecule has 1 aliphatic heterocycles. The molecule has 2 N–H and O–H groups in total. The van der Waals surface area contributed by atoms with Crippen molar-refractivity contribution in [3.05, 3.63) is 28.9 Å². The monoisotopic (exact) mass is 383 g/mol. The highest BCUT2D eigenvalue weighted by Gasteiger charge is 2.44. The molecule has 0 spiro atoms. The number of nitrogens with zero attached hydrogens (tertiary/aromatic N) is 2. The Balaban J connectivity index is 1.56. The molecule has 6 nitrogen and oxygen atoms in total. The molecule has 1 aromatic heterocycles. The highest BCUT2D eigenvalue weighted by molar-refractivity contribution is 7.88. The summed E-state index contributed by atoms with van der Waals surface area (Å²) < 4.78 is 25.3. The Labute approximate surface area is 152 Å². The molecular formula is C17H22ClN3O3S. The van der Waals surface area contributed by atoms with E-state index in [2.05, 4.69) is 10.2 Å². The van der Waals surface area contributed by atoms with Crippen LogP contribution in [-0.2, 0) is 10.0 Å². The molecule has 1 saturated heterocycles. The average Bonchev–Trinajstić information content (AvgIpc) is 3.06. The van der Waals surface area contributed by atoms with Crippen molar-refractivity contribution in [1.29, 1.82) is 0 Å². The number of hydrogen-bond donors (Lipinski definition) is 2. The van der Waals surface area contributed by atoms with Crippen molar-refractivity contribution in [1.82, 2.24) is 14.5 Å². The van der Waals surface area contributed by atoms with Crippen molar-refractivity contribution in [3.8, 4) is 0 Å². The Morgan fingerprint density at radius 2 is 2.04 bits per heavy atom. The molecule has 2 fully saturated rings. The van der Waals surface area contributed by atoms with Crippen molar-refractivity contribution in [2.45, 2.75) is 25.4 Å². The van der Waals surface area contributed by atoms with E-state index in [9.17, 15) is 13.5 Å². The highest BCUT2D eigenvalue weighted by atomic mass is 35.5. The van der Waals surface area contributed by atoms with Crippen LogP contribution >= 0.6 is 11.6 Å². The van der Waals surface area contributed by atoms with Crippen LogP contribution in [0.15, 0.2) is 18.3 Å². The van der Waals surface area contributed by atoms with Crippen molar-refractivity contribution in [2.24, 2.45) is 17.8 Å². The Hall–Kier alpha value is -1.15. The van der Waals surface area contributed by atoms with E-state index in [0.717, 1.165) is 29.3 Å². The van der Waals surface area contributed by atoms with Gasteiger partial charge in [0.15, 0.2) is 0 Å². The predicted molar refractivity (Wildman–Crippen MR) is 96.8 cm³/mol. The summed E-state index contributed by atoms with van der Waals surface area (Å²) in [4.78, 5) is 0. The Bertz CT molecular complexity index is 884. The molecule has 8 heteroatoms. The second-order valence-corrected chi connectivity index (χ2v) is 9.84. The van der Waals surface area contributed by atoms with Crippen LogP contribution < -0.4 is 0 Å². The van der Waals surface area contributed by atoms with Gasteiger partial charge in [0, 0.05) is 29.1 Å². The quantitative estimate of drug-likeness (QED) is 0.849. The number of sulfonamides is 1. The van der Waals surface area contributed by atoms with Crippen molar-refractivity contribution in [3.63, 3.8) is 0 Å². The maximum absolute atomic E-state index is 11.9. The maximum atomic E-state index is 11.9. The molecule has 0 amide bonds. The lowest BCUT2D eigenvalue weighted by Gasteiger charge is -2.37. The van der Waals surface area contributed by atoms with Gasteiger partial charge >= 0.3 is 0 Å². The van der Waals surface area contributed by atoms with Crippen LogP contribution in [0.4, 0.5) is 0 Å². The van der Waals surface area contributed by atoms with Crippen LogP contribution in [0.2, 0.25) is 5.02 Å². The molecular weight excluding hydrogens is 362 g/mol. The minimum Gasteiger partial charge on any atom is -0.388 e. The fraction of sp³-hybridized carbons (Fsp3) is 0.588. The summed E-state index contributed by atoms with van der Waals surface area (Å²) in [6.07, 6.45) is 5.03. The second kappa shape index (κ2) is 6.23. The number of fused-ring (bicyclic) bond motifs is 3. The summed E-state index contributed by atoms with van der Waals surface area (Å²) in [6.45, 7) is 1.14. The van der Waals surface area contributed by atoms with E-state index in [1.807, 2.05) is 6.07 Å².